The third kappa shape index (κ3) is 11.8. The third-order valence-electron chi connectivity index (χ3n) is 5.06. The van der Waals surface area contributed by atoms with E-state index in [1.807, 2.05) is 57.4 Å². The van der Waals surface area contributed by atoms with Crippen LogP contribution in [-0.4, -0.2) is 58.5 Å². The number of hydrogen-bond donors (Lipinski definition) is 2. The van der Waals surface area contributed by atoms with Gasteiger partial charge in [-0.1, -0.05) is 50.1 Å². The van der Waals surface area contributed by atoms with Crippen LogP contribution in [0.2, 0.25) is 0 Å². The van der Waals surface area contributed by atoms with Crippen molar-refractivity contribution < 1.29 is 19.1 Å². The predicted octanol–water partition coefficient (Wildman–Crippen LogP) is 5.31. The molecule has 0 heterocycles. The number of hydrogen-bond acceptors (Lipinski definition) is 5. The van der Waals surface area contributed by atoms with Crippen LogP contribution in [0.1, 0.15) is 85.8 Å². The predicted molar refractivity (Wildman–Crippen MR) is 144 cm³/mol. The van der Waals surface area contributed by atoms with Crippen LogP contribution in [0.4, 0.5) is 4.79 Å². The van der Waals surface area contributed by atoms with Crippen molar-refractivity contribution in [2.75, 3.05) is 18.6 Å². The van der Waals surface area contributed by atoms with E-state index in [9.17, 15) is 14.4 Å². The minimum absolute atomic E-state index is 0.241. The van der Waals surface area contributed by atoms with E-state index in [1.165, 1.54) is 0 Å². The maximum absolute atomic E-state index is 14.0. The van der Waals surface area contributed by atoms with E-state index >= 15 is 0 Å². The first kappa shape index (κ1) is 30.8. The molecule has 0 aliphatic carbocycles. The summed E-state index contributed by atoms with van der Waals surface area (Å²) in [4.78, 5) is 41.8. The zero-order valence-corrected chi connectivity index (χ0v) is 23.6. The number of ether oxygens (including phenoxy) is 1. The molecule has 8 heteroatoms. The fourth-order valence-electron chi connectivity index (χ4n) is 3.59. The highest BCUT2D eigenvalue weighted by Gasteiger charge is 2.36. The Balaban J connectivity index is 3.41. The van der Waals surface area contributed by atoms with Gasteiger partial charge in [0.15, 0.2) is 0 Å². The monoisotopic (exact) mass is 507 g/mol. The molecule has 0 saturated carbocycles. The Morgan fingerprint density at radius 2 is 1.66 bits per heavy atom. The van der Waals surface area contributed by atoms with E-state index < -0.39 is 29.3 Å². The van der Waals surface area contributed by atoms with E-state index in [-0.39, 0.29) is 11.8 Å². The van der Waals surface area contributed by atoms with Crippen LogP contribution in [0.5, 0.6) is 0 Å². The number of carbonyl (C=O) groups excluding carboxylic acids is 3. The van der Waals surface area contributed by atoms with Crippen LogP contribution < -0.4 is 10.6 Å². The van der Waals surface area contributed by atoms with Gasteiger partial charge in [-0.2, -0.15) is 11.8 Å². The quantitative estimate of drug-likeness (QED) is 0.375. The van der Waals surface area contributed by atoms with Gasteiger partial charge < -0.3 is 20.3 Å². The molecule has 35 heavy (non-hydrogen) atoms. The van der Waals surface area contributed by atoms with Crippen LogP contribution in [0.15, 0.2) is 30.3 Å². The van der Waals surface area contributed by atoms with Crippen molar-refractivity contribution in [3.63, 3.8) is 0 Å². The molecule has 0 aromatic heterocycles. The number of amides is 3. The van der Waals surface area contributed by atoms with Gasteiger partial charge in [0.1, 0.15) is 17.7 Å². The van der Waals surface area contributed by atoms with Crippen LogP contribution >= 0.6 is 11.8 Å². The van der Waals surface area contributed by atoms with Crippen molar-refractivity contribution in [3.05, 3.63) is 35.9 Å². The summed E-state index contributed by atoms with van der Waals surface area (Å²) in [5, 5.41) is 5.82. The lowest BCUT2D eigenvalue weighted by Gasteiger charge is -2.36. The molecule has 1 rings (SSSR count). The second-order valence-electron chi connectivity index (χ2n) is 10.8. The summed E-state index contributed by atoms with van der Waals surface area (Å²) in [6.45, 7) is 13.6. The minimum atomic E-state index is -0.808. The van der Waals surface area contributed by atoms with Gasteiger partial charge in [-0.3, -0.25) is 9.59 Å². The van der Waals surface area contributed by atoms with Gasteiger partial charge in [0.2, 0.25) is 11.8 Å². The summed E-state index contributed by atoms with van der Waals surface area (Å²) in [5.74, 6) is 0.160. The Morgan fingerprint density at radius 3 is 2.17 bits per heavy atom. The van der Waals surface area contributed by atoms with Gasteiger partial charge in [-0.05, 0) is 72.0 Å². The fraction of sp³-hybridized carbons (Fsp3) is 0.667. The number of alkyl carbamates (subject to hydrolysis) is 1. The normalized spacial score (nSPS) is 13.5. The molecule has 1 aromatic carbocycles. The molecule has 198 valence electrons. The average Bonchev–Trinajstić information content (AvgIpc) is 2.73. The summed E-state index contributed by atoms with van der Waals surface area (Å²) in [7, 11) is 0. The topological polar surface area (TPSA) is 87.7 Å². The SMILES string of the molecule is CCCCCN(C(=O)C(CCSC)NC(=O)OC(C)(C)C)C(C(=O)NC(C)(C)C)c1ccccc1. The molecule has 0 aliphatic rings. The molecule has 0 radical (unpaired) electrons. The number of rotatable bonds is 12. The van der Waals surface area contributed by atoms with E-state index in [0.29, 0.717) is 18.7 Å². The van der Waals surface area contributed by atoms with Crippen molar-refractivity contribution in [2.45, 2.75) is 97.4 Å². The van der Waals surface area contributed by atoms with Crippen molar-refractivity contribution in [1.29, 1.82) is 0 Å². The summed E-state index contributed by atoms with van der Waals surface area (Å²) in [6.07, 6.45) is 4.43. The Labute approximate surface area is 216 Å². The molecule has 0 aliphatic heterocycles. The molecule has 2 N–H and O–H groups in total. The lowest BCUT2D eigenvalue weighted by Crippen LogP contribution is -2.55. The van der Waals surface area contributed by atoms with Gasteiger partial charge in [0, 0.05) is 12.1 Å². The highest BCUT2D eigenvalue weighted by Crippen LogP contribution is 2.25. The Bertz CT molecular complexity index is 803. The Kier molecular flexibility index (Phi) is 12.6. The Hall–Kier alpha value is -2.22. The number of thioether (sulfide) groups is 1. The van der Waals surface area contributed by atoms with Crippen LogP contribution in [0.25, 0.3) is 0 Å². The molecular weight excluding hydrogens is 462 g/mol. The smallest absolute Gasteiger partial charge is 0.408 e. The van der Waals surface area contributed by atoms with E-state index in [1.54, 1.807) is 37.4 Å². The van der Waals surface area contributed by atoms with Crippen LogP contribution in [-0.2, 0) is 14.3 Å². The minimum Gasteiger partial charge on any atom is -0.444 e. The van der Waals surface area contributed by atoms with Gasteiger partial charge in [-0.15, -0.1) is 0 Å². The van der Waals surface area contributed by atoms with Gasteiger partial charge in [0.05, 0.1) is 0 Å². The van der Waals surface area contributed by atoms with E-state index in [0.717, 1.165) is 24.8 Å². The first-order chi connectivity index (χ1) is 16.3. The number of unbranched alkanes of at least 4 members (excludes halogenated alkanes) is 2. The van der Waals surface area contributed by atoms with E-state index in [2.05, 4.69) is 17.6 Å². The summed E-state index contributed by atoms with van der Waals surface area (Å²) < 4.78 is 5.43. The lowest BCUT2D eigenvalue weighted by atomic mass is 10.00. The standard InChI is InChI=1S/C27H45N3O4S/c1-9-10-14-18-30(22(20-15-12-11-13-16-20)23(31)29-26(2,3)4)24(32)21(17-19-35-8)28-25(33)34-27(5,6)7/h11-13,15-16,21-22H,9-10,14,17-19H2,1-8H3,(H,28,33)(H,29,31). The van der Waals surface area contributed by atoms with Crippen molar-refractivity contribution in [1.82, 2.24) is 15.5 Å². The molecule has 0 bridgehead atoms. The zero-order chi connectivity index (χ0) is 26.6. The van der Waals surface area contributed by atoms with Crippen LogP contribution in [0, 0.1) is 0 Å². The molecular formula is C27H45N3O4S. The van der Waals surface area contributed by atoms with Crippen molar-refractivity contribution in [3.8, 4) is 0 Å². The first-order valence-electron chi connectivity index (χ1n) is 12.4. The molecule has 2 unspecified atom stereocenters. The van der Waals surface area contributed by atoms with Gasteiger partial charge >= 0.3 is 6.09 Å². The molecule has 0 spiro atoms. The first-order valence-corrected chi connectivity index (χ1v) is 13.8. The molecule has 3 amide bonds. The molecule has 0 fully saturated rings. The highest BCUT2D eigenvalue weighted by atomic mass is 32.2. The summed E-state index contributed by atoms with van der Waals surface area (Å²) in [5.41, 5.74) is -0.410. The Morgan fingerprint density at radius 1 is 1.03 bits per heavy atom. The number of benzene rings is 1. The molecule has 7 nitrogen and oxygen atoms in total. The maximum atomic E-state index is 14.0. The fourth-order valence-corrected chi connectivity index (χ4v) is 4.06. The molecule has 2 atom stereocenters. The highest BCUT2D eigenvalue weighted by molar-refractivity contribution is 7.98. The summed E-state index contributed by atoms with van der Waals surface area (Å²) in [6, 6.07) is 7.74. The zero-order valence-electron chi connectivity index (χ0n) is 22.8. The third-order valence-corrected chi connectivity index (χ3v) is 5.70. The van der Waals surface area contributed by atoms with Crippen molar-refractivity contribution >= 4 is 29.7 Å². The maximum Gasteiger partial charge on any atom is 0.408 e. The van der Waals surface area contributed by atoms with Crippen molar-refractivity contribution in [2.24, 2.45) is 0 Å². The van der Waals surface area contributed by atoms with Gasteiger partial charge in [-0.25, -0.2) is 4.79 Å². The molecule has 0 saturated heterocycles. The summed E-state index contributed by atoms with van der Waals surface area (Å²) >= 11 is 1.60. The van der Waals surface area contributed by atoms with Crippen LogP contribution in [0.3, 0.4) is 0 Å². The lowest BCUT2D eigenvalue weighted by molar-refractivity contribution is -0.143. The van der Waals surface area contributed by atoms with E-state index in [4.69, 9.17) is 4.74 Å². The number of carbonyl (C=O) groups is 3. The number of nitrogens with one attached hydrogen (secondary N) is 2. The molecule has 1 aromatic rings. The number of nitrogens with zero attached hydrogens (tertiary/aromatic N) is 1. The largest absolute Gasteiger partial charge is 0.444 e. The average molecular weight is 508 g/mol. The second-order valence-corrected chi connectivity index (χ2v) is 11.8. The second kappa shape index (κ2) is 14.4. The van der Waals surface area contributed by atoms with Gasteiger partial charge in [0.25, 0.3) is 0 Å².